The van der Waals surface area contributed by atoms with Gasteiger partial charge < -0.3 is 35.0 Å². The Kier molecular flexibility index (Phi) is 8.37. The van der Waals surface area contributed by atoms with Crippen molar-refractivity contribution in [3.63, 3.8) is 0 Å². The third-order valence-corrected chi connectivity index (χ3v) is 4.64. The average Bonchev–Trinajstić information content (AvgIpc) is 3.05. The molecule has 0 aliphatic rings. The number of amides is 1. The van der Waals surface area contributed by atoms with Crippen molar-refractivity contribution in [2.45, 2.75) is 26.3 Å². The fraction of sp³-hybridized carbons (Fsp3) is 0.400. The molecule has 10 heteroatoms. The highest BCUT2D eigenvalue weighted by atomic mass is 35.5. The Balaban J connectivity index is 2.63. The molecule has 0 fully saturated rings. The lowest BCUT2D eigenvalue weighted by Gasteiger charge is -2.16. The fourth-order valence-corrected chi connectivity index (χ4v) is 3.21. The highest BCUT2D eigenvalue weighted by molar-refractivity contribution is 6.35. The molecule has 0 unspecified atom stereocenters. The molecule has 1 aromatic carbocycles. The summed E-state index contributed by atoms with van der Waals surface area (Å²) in [6.45, 7) is 1.78. The number of hydrogen-bond donors (Lipinski definition) is 3. The monoisotopic (exact) mass is 439 g/mol. The van der Waals surface area contributed by atoms with Crippen LogP contribution in [-0.2, 0) is 16.1 Å². The summed E-state index contributed by atoms with van der Waals surface area (Å²) in [5.74, 6) is 0.516. The second-order valence-electron chi connectivity index (χ2n) is 6.21. The van der Waals surface area contributed by atoms with Gasteiger partial charge >= 0.3 is 5.97 Å². The molecule has 0 saturated heterocycles. The molecule has 2 rings (SSSR count). The van der Waals surface area contributed by atoms with Crippen LogP contribution in [0.3, 0.4) is 0 Å². The van der Waals surface area contributed by atoms with E-state index in [9.17, 15) is 9.59 Å². The largest absolute Gasteiger partial charge is 0.493 e. The van der Waals surface area contributed by atoms with Gasteiger partial charge in [0.2, 0.25) is 17.5 Å². The van der Waals surface area contributed by atoms with Gasteiger partial charge in [0.15, 0.2) is 11.5 Å². The first-order chi connectivity index (χ1) is 14.4. The van der Waals surface area contributed by atoms with Crippen LogP contribution in [0.4, 0.5) is 0 Å². The third-order valence-electron chi connectivity index (χ3n) is 4.28. The minimum atomic E-state index is -0.427. The number of esters is 1. The number of hydrogen-bond acceptors (Lipinski definition) is 7. The first kappa shape index (κ1) is 23.4. The van der Waals surface area contributed by atoms with Crippen molar-refractivity contribution in [2.24, 2.45) is 5.73 Å². The lowest BCUT2D eigenvalue weighted by atomic mass is 10.0. The molecule has 0 aliphatic heterocycles. The summed E-state index contributed by atoms with van der Waals surface area (Å²) in [4.78, 5) is 26.6. The Bertz CT molecular complexity index is 912. The Hall–Kier alpha value is -2.91. The van der Waals surface area contributed by atoms with Crippen LogP contribution in [0.15, 0.2) is 12.1 Å². The molecule has 1 heterocycles. The normalized spacial score (nSPS) is 10.5. The molecule has 2 aromatic rings. The standard InChI is InChI=1S/C20H26ClN3O6/c1-5-6-15(26)30-20-17(21)16(12(24-20)10-23-14(25)9-22)11-7-8-13(27-2)19(29-4)18(11)28-3/h7-8,24H,5-6,9-10,22H2,1-4H3,(H,23,25). The Labute approximate surface area is 179 Å². The second-order valence-corrected chi connectivity index (χ2v) is 6.59. The smallest absolute Gasteiger partial charge is 0.312 e. The van der Waals surface area contributed by atoms with Crippen LogP contribution >= 0.6 is 11.6 Å². The van der Waals surface area contributed by atoms with E-state index in [1.807, 2.05) is 6.92 Å². The van der Waals surface area contributed by atoms with Crippen molar-refractivity contribution in [3.8, 4) is 34.3 Å². The number of methoxy groups -OCH3 is 3. The number of benzene rings is 1. The van der Waals surface area contributed by atoms with E-state index in [0.717, 1.165) is 0 Å². The number of nitrogens with one attached hydrogen (secondary N) is 2. The molecular weight excluding hydrogens is 414 g/mol. The van der Waals surface area contributed by atoms with E-state index in [1.54, 1.807) is 12.1 Å². The highest BCUT2D eigenvalue weighted by Gasteiger charge is 2.26. The number of carbonyl (C=O) groups excluding carboxylic acids is 2. The van der Waals surface area contributed by atoms with Crippen LogP contribution in [0.1, 0.15) is 25.5 Å². The number of halogens is 1. The van der Waals surface area contributed by atoms with Gasteiger partial charge in [-0.25, -0.2) is 0 Å². The summed E-state index contributed by atoms with van der Waals surface area (Å²) in [6, 6.07) is 3.44. The van der Waals surface area contributed by atoms with Crippen LogP contribution in [0.25, 0.3) is 11.1 Å². The summed E-state index contributed by atoms with van der Waals surface area (Å²) >= 11 is 6.58. The van der Waals surface area contributed by atoms with Crippen LogP contribution < -0.4 is 30.0 Å². The predicted molar refractivity (Wildman–Crippen MR) is 112 cm³/mol. The summed E-state index contributed by atoms with van der Waals surface area (Å²) < 4.78 is 21.7. The molecule has 9 nitrogen and oxygen atoms in total. The SMILES string of the molecule is CCCC(=O)Oc1[nH]c(CNC(=O)CN)c(-c2ccc(OC)c(OC)c2OC)c1Cl. The van der Waals surface area contributed by atoms with Crippen LogP contribution in [0.5, 0.6) is 23.1 Å². The number of nitrogens with two attached hydrogens (primary N) is 1. The molecule has 30 heavy (non-hydrogen) atoms. The Morgan fingerprint density at radius 3 is 2.40 bits per heavy atom. The molecule has 1 aromatic heterocycles. The molecule has 0 spiro atoms. The van der Waals surface area contributed by atoms with Gasteiger partial charge in [-0.3, -0.25) is 9.59 Å². The fourth-order valence-electron chi connectivity index (χ4n) is 2.91. The van der Waals surface area contributed by atoms with Crippen LogP contribution in [-0.4, -0.2) is 44.7 Å². The first-order valence-corrected chi connectivity index (χ1v) is 9.66. The van der Waals surface area contributed by atoms with Crippen molar-refractivity contribution < 1.29 is 28.5 Å². The van der Waals surface area contributed by atoms with E-state index < -0.39 is 5.97 Å². The van der Waals surface area contributed by atoms with Crippen molar-refractivity contribution in [2.75, 3.05) is 27.9 Å². The summed E-state index contributed by atoms with van der Waals surface area (Å²) in [5, 5.41) is 2.84. The summed E-state index contributed by atoms with van der Waals surface area (Å²) in [5.41, 5.74) is 6.93. The first-order valence-electron chi connectivity index (χ1n) is 9.28. The van der Waals surface area contributed by atoms with Gasteiger partial charge in [0.05, 0.1) is 34.4 Å². The van der Waals surface area contributed by atoms with Crippen molar-refractivity contribution in [1.29, 1.82) is 0 Å². The number of H-pyrrole nitrogens is 1. The maximum absolute atomic E-state index is 12.0. The summed E-state index contributed by atoms with van der Waals surface area (Å²) in [6.07, 6.45) is 0.872. The molecule has 0 saturated carbocycles. The molecular formula is C20H26ClN3O6. The second kappa shape index (κ2) is 10.7. The van der Waals surface area contributed by atoms with Gasteiger partial charge in [0, 0.05) is 23.2 Å². The van der Waals surface area contributed by atoms with Gasteiger partial charge in [0.1, 0.15) is 5.02 Å². The topological polar surface area (TPSA) is 125 Å². The van der Waals surface area contributed by atoms with E-state index in [-0.39, 0.29) is 36.3 Å². The van der Waals surface area contributed by atoms with E-state index in [2.05, 4.69) is 10.3 Å². The van der Waals surface area contributed by atoms with E-state index in [0.29, 0.717) is 40.5 Å². The number of rotatable bonds is 10. The zero-order valence-corrected chi connectivity index (χ0v) is 18.1. The van der Waals surface area contributed by atoms with Gasteiger partial charge in [-0.15, -0.1) is 0 Å². The Morgan fingerprint density at radius 1 is 1.13 bits per heavy atom. The minimum Gasteiger partial charge on any atom is -0.493 e. The van der Waals surface area contributed by atoms with Crippen LogP contribution in [0.2, 0.25) is 5.02 Å². The van der Waals surface area contributed by atoms with Gasteiger partial charge in [-0.2, -0.15) is 0 Å². The molecule has 4 N–H and O–H groups in total. The number of ether oxygens (including phenoxy) is 4. The zero-order valence-electron chi connectivity index (χ0n) is 17.4. The molecule has 0 bridgehead atoms. The maximum atomic E-state index is 12.0. The molecule has 0 radical (unpaired) electrons. The third kappa shape index (κ3) is 4.98. The Morgan fingerprint density at radius 2 is 1.83 bits per heavy atom. The van der Waals surface area contributed by atoms with Crippen molar-refractivity contribution in [3.05, 3.63) is 22.8 Å². The zero-order chi connectivity index (χ0) is 22.3. The van der Waals surface area contributed by atoms with Crippen LogP contribution in [0, 0.1) is 0 Å². The summed E-state index contributed by atoms with van der Waals surface area (Å²) in [7, 11) is 4.49. The van der Waals surface area contributed by atoms with Crippen molar-refractivity contribution >= 4 is 23.5 Å². The maximum Gasteiger partial charge on any atom is 0.312 e. The molecule has 0 aliphatic carbocycles. The predicted octanol–water partition coefficient (Wildman–Crippen LogP) is 2.64. The number of carbonyl (C=O) groups is 2. The van der Waals surface area contributed by atoms with E-state index in [1.165, 1.54) is 21.3 Å². The van der Waals surface area contributed by atoms with Gasteiger partial charge in [0.25, 0.3) is 0 Å². The lowest BCUT2D eigenvalue weighted by molar-refractivity contribution is -0.134. The average molecular weight is 440 g/mol. The number of aromatic amines is 1. The van der Waals surface area contributed by atoms with E-state index >= 15 is 0 Å². The van der Waals surface area contributed by atoms with E-state index in [4.69, 9.17) is 36.3 Å². The molecule has 1 amide bonds. The van der Waals surface area contributed by atoms with Gasteiger partial charge in [-0.05, 0) is 18.6 Å². The molecule has 0 atom stereocenters. The van der Waals surface area contributed by atoms with Gasteiger partial charge in [-0.1, -0.05) is 18.5 Å². The minimum absolute atomic E-state index is 0.0773. The lowest BCUT2D eigenvalue weighted by Crippen LogP contribution is -2.30. The van der Waals surface area contributed by atoms with Crippen molar-refractivity contribution in [1.82, 2.24) is 10.3 Å². The highest BCUT2D eigenvalue weighted by Crippen LogP contribution is 2.48. The quantitative estimate of drug-likeness (QED) is 0.486. The molecule has 164 valence electrons. The number of aromatic nitrogens is 1.